The molecule has 122 valence electrons. The molecule has 1 heterocycles. The summed E-state index contributed by atoms with van der Waals surface area (Å²) in [5, 5.41) is 3.91. The van der Waals surface area contributed by atoms with Crippen LogP contribution in [0.1, 0.15) is 22.8 Å². The Bertz CT molecular complexity index is 963. The number of fused-ring (bicyclic) bond motifs is 1. The standard InChI is InChI=1S/C19H18N2O2S/c1-3-12-10-18(22)21-16-11-13(8-9-14(12)16)20-19(23)15-6-4-5-7-17(15)24-2/h4-11H,3H2,1-2H3,(H,20,23)(H,21,22). The fourth-order valence-electron chi connectivity index (χ4n) is 2.73. The van der Waals surface area contributed by atoms with Crippen molar-refractivity contribution in [2.75, 3.05) is 11.6 Å². The van der Waals surface area contributed by atoms with Crippen LogP contribution in [0.15, 0.2) is 58.2 Å². The summed E-state index contributed by atoms with van der Waals surface area (Å²) in [6.45, 7) is 2.02. The summed E-state index contributed by atoms with van der Waals surface area (Å²) in [4.78, 5) is 28.0. The Morgan fingerprint density at radius 2 is 1.96 bits per heavy atom. The summed E-state index contributed by atoms with van der Waals surface area (Å²) in [5.41, 5.74) is 2.90. The summed E-state index contributed by atoms with van der Waals surface area (Å²) >= 11 is 1.54. The van der Waals surface area contributed by atoms with E-state index in [4.69, 9.17) is 0 Å². The minimum atomic E-state index is -0.159. The van der Waals surface area contributed by atoms with E-state index in [2.05, 4.69) is 10.3 Å². The average Bonchev–Trinajstić information content (AvgIpc) is 2.60. The molecule has 0 bridgehead atoms. The predicted octanol–water partition coefficient (Wildman–Crippen LogP) is 4.06. The maximum absolute atomic E-state index is 12.5. The summed E-state index contributed by atoms with van der Waals surface area (Å²) in [6.07, 6.45) is 2.73. The molecule has 1 aromatic heterocycles. The molecule has 2 N–H and O–H groups in total. The Labute approximate surface area is 144 Å². The van der Waals surface area contributed by atoms with Gasteiger partial charge in [0.2, 0.25) is 5.56 Å². The molecule has 0 saturated carbocycles. The highest BCUT2D eigenvalue weighted by atomic mass is 32.2. The molecular weight excluding hydrogens is 320 g/mol. The van der Waals surface area contributed by atoms with Crippen molar-refractivity contribution in [2.45, 2.75) is 18.2 Å². The zero-order chi connectivity index (χ0) is 17.1. The van der Waals surface area contributed by atoms with Crippen molar-refractivity contribution in [1.82, 2.24) is 4.98 Å². The van der Waals surface area contributed by atoms with Crippen molar-refractivity contribution in [3.63, 3.8) is 0 Å². The number of aromatic amines is 1. The Morgan fingerprint density at radius 3 is 2.71 bits per heavy atom. The third-order valence-corrected chi connectivity index (χ3v) is 4.71. The molecular formula is C19H18N2O2S. The molecule has 0 unspecified atom stereocenters. The lowest BCUT2D eigenvalue weighted by Gasteiger charge is -2.10. The third kappa shape index (κ3) is 3.21. The van der Waals surface area contributed by atoms with E-state index in [1.807, 2.05) is 43.5 Å². The molecule has 0 spiro atoms. The van der Waals surface area contributed by atoms with Crippen molar-refractivity contribution in [3.8, 4) is 0 Å². The second-order valence-electron chi connectivity index (χ2n) is 5.43. The van der Waals surface area contributed by atoms with Crippen LogP contribution < -0.4 is 10.9 Å². The SMILES string of the molecule is CCc1cc(=O)[nH]c2cc(NC(=O)c3ccccc3SC)ccc12. The maximum Gasteiger partial charge on any atom is 0.256 e. The van der Waals surface area contributed by atoms with Gasteiger partial charge in [-0.25, -0.2) is 0 Å². The van der Waals surface area contributed by atoms with Crippen molar-refractivity contribution in [3.05, 3.63) is 70.0 Å². The van der Waals surface area contributed by atoms with Crippen LogP contribution in [0.2, 0.25) is 0 Å². The van der Waals surface area contributed by atoms with Crippen LogP contribution in [0.5, 0.6) is 0 Å². The summed E-state index contributed by atoms with van der Waals surface area (Å²) in [5.74, 6) is -0.159. The lowest BCUT2D eigenvalue weighted by Crippen LogP contribution is -2.13. The van der Waals surface area contributed by atoms with Gasteiger partial charge in [0, 0.05) is 22.0 Å². The van der Waals surface area contributed by atoms with E-state index in [0.29, 0.717) is 11.3 Å². The average molecular weight is 338 g/mol. The number of aryl methyl sites for hydroxylation is 1. The van der Waals surface area contributed by atoms with Crippen LogP contribution in [-0.2, 0) is 6.42 Å². The van der Waals surface area contributed by atoms with Gasteiger partial charge < -0.3 is 10.3 Å². The first-order chi connectivity index (χ1) is 11.6. The van der Waals surface area contributed by atoms with E-state index in [9.17, 15) is 9.59 Å². The summed E-state index contributed by atoms with van der Waals surface area (Å²) < 4.78 is 0. The molecule has 3 rings (SSSR count). The normalized spacial score (nSPS) is 10.8. The van der Waals surface area contributed by atoms with Gasteiger partial charge in [-0.05, 0) is 42.5 Å². The molecule has 0 fully saturated rings. The van der Waals surface area contributed by atoms with Crippen molar-refractivity contribution in [2.24, 2.45) is 0 Å². The van der Waals surface area contributed by atoms with Gasteiger partial charge in [0.05, 0.1) is 11.1 Å². The van der Waals surface area contributed by atoms with Crippen molar-refractivity contribution in [1.29, 1.82) is 0 Å². The number of hydrogen-bond acceptors (Lipinski definition) is 3. The number of anilines is 1. The number of benzene rings is 2. The lowest BCUT2D eigenvalue weighted by molar-refractivity contribution is 0.102. The molecule has 0 aliphatic heterocycles. The van der Waals surface area contributed by atoms with Gasteiger partial charge in [-0.2, -0.15) is 0 Å². The van der Waals surface area contributed by atoms with Crippen molar-refractivity contribution >= 4 is 34.3 Å². The second kappa shape index (κ2) is 6.93. The minimum Gasteiger partial charge on any atom is -0.322 e. The minimum absolute atomic E-state index is 0.129. The van der Waals surface area contributed by atoms with Crippen LogP contribution >= 0.6 is 11.8 Å². The van der Waals surface area contributed by atoms with Gasteiger partial charge >= 0.3 is 0 Å². The number of thioether (sulfide) groups is 1. The molecule has 0 radical (unpaired) electrons. The lowest BCUT2D eigenvalue weighted by atomic mass is 10.1. The van der Waals surface area contributed by atoms with Crippen LogP contribution in [0.4, 0.5) is 5.69 Å². The molecule has 1 amide bonds. The highest BCUT2D eigenvalue weighted by molar-refractivity contribution is 7.98. The number of pyridine rings is 1. The number of nitrogens with one attached hydrogen (secondary N) is 2. The van der Waals surface area contributed by atoms with Crippen LogP contribution in [0, 0.1) is 0 Å². The third-order valence-electron chi connectivity index (χ3n) is 3.92. The van der Waals surface area contributed by atoms with Gasteiger partial charge in [-0.15, -0.1) is 11.8 Å². The molecule has 2 aromatic carbocycles. The number of aromatic nitrogens is 1. The topological polar surface area (TPSA) is 62.0 Å². The Hall–Kier alpha value is -2.53. The number of amides is 1. The number of H-pyrrole nitrogens is 1. The van der Waals surface area contributed by atoms with E-state index in [1.54, 1.807) is 18.2 Å². The van der Waals surface area contributed by atoms with Crippen LogP contribution in [0.3, 0.4) is 0 Å². The Balaban J connectivity index is 1.96. The van der Waals surface area contributed by atoms with E-state index >= 15 is 0 Å². The monoisotopic (exact) mass is 338 g/mol. The van der Waals surface area contributed by atoms with Gasteiger partial charge in [-0.1, -0.05) is 25.1 Å². The number of hydrogen-bond donors (Lipinski definition) is 2. The predicted molar refractivity (Wildman–Crippen MR) is 100 cm³/mol. The first-order valence-corrected chi connectivity index (χ1v) is 8.95. The van der Waals surface area contributed by atoms with Crippen molar-refractivity contribution < 1.29 is 4.79 Å². The second-order valence-corrected chi connectivity index (χ2v) is 6.28. The fraction of sp³-hybridized carbons (Fsp3) is 0.158. The summed E-state index contributed by atoms with van der Waals surface area (Å²) in [7, 11) is 0. The molecule has 4 nitrogen and oxygen atoms in total. The maximum atomic E-state index is 12.5. The van der Waals surface area contributed by atoms with Crippen LogP contribution in [0.25, 0.3) is 10.9 Å². The van der Waals surface area contributed by atoms with Gasteiger partial charge in [-0.3, -0.25) is 9.59 Å². The highest BCUT2D eigenvalue weighted by Gasteiger charge is 2.11. The zero-order valence-electron chi connectivity index (χ0n) is 13.6. The largest absolute Gasteiger partial charge is 0.322 e. The van der Waals surface area contributed by atoms with Gasteiger partial charge in [0.1, 0.15) is 0 Å². The smallest absolute Gasteiger partial charge is 0.256 e. The Kier molecular flexibility index (Phi) is 4.71. The van der Waals surface area contributed by atoms with Gasteiger partial charge in [0.25, 0.3) is 5.91 Å². The quantitative estimate of drug-likeness (QED) is 0.705. The number of carbonyl (C=O) groups excluding carboxylic acids is 1. The van der Waals surface area contributed by atoms with Gasteiger partial charge in [0.15, 0.2) is 0 Å². The molecule has 0 atom stereocenters. The van der Waals surface area contributed by atoms with E-state index < -0.39 is 0 Å². The Morgan fingerprint density at radius 1 is 1.17 bits per heavy atom. The molecule has 5 heteroatoms. The van der Waals surface area contributed by atoms with E-state index in [-0.39, 0.29) is 11.5 Å². The zero-order valence-corrected chi connectivity index (χ0v) is 14.4. The fourth-order valence-corrected chi connectivity index (χ4v) is 3.33. The highest BCUT2D eigenvalue weighted by Crippen LogP contribution is 2.23. The molecule has 0 aliphatic carbocycles. The summed E-state index contributed by atoms with van der Waals surface area (Å²) in [6, 6.07) is 14.7. The van der Waals surface area contributed by atoms with Crippen LogP contribution in [-0.4, -0.2) is 17.1 Å². The molecule has 24 heavy (non-hydrogen) atoms. The van der Waals surface area contributed by atoms with E-state index in [0.717, 1.165) is 27.8 Å². The first-order valence-electron chi connectivity index (χ1n) is 7.72. The van der Waals surface area contributed by atoms with E-state index in [1.165, 1.54) is 11.8 Å². The molecule has 0 saturated heterocycles. The number of rotatable bonds is 4. The molecule has 0 aliphatic rings. The molecule has 3 aromatic rings. The number of carbonyl (C=O) groups is 1. The first kappa shape index (κ1) is 16.3.